The maximum absolute atomic E-state index is 12.7. The van der Waals surface area contributed by atoms with E-state index in [1.54, 1.807) is 24.3 Å². The Labute approximate surface area is 225 Å². The van der Waals surface area contributed by atoms with Crippen LogP contribution in [0.15, 0.2) is 36.4 Å². The number of rotatable bonds is 10. The number of carbonyl (C=O) groups excluding carboxylic acids is 1. The first-order valence-electron chi connectivity index (χ1n) is 12.4. The van der Waals surface area contributed by atoms with Gasteiger partial charge >= 0.3 is 5.97 Å². The van der Waals surface area contributed by atoms with Crippen LogP contribution in [0.3, 0.4) is 0 Å². The maximum Gasteiger partial charge on any atom is 0.338 e. The number of esters is 1. The molecule has 7 atom stereocenters. The van der Waals surface area contributed by atoms with Crippen molar-refractivity contribution in [2.45, 2.75) is 49.1 Å². The molecule has 0 radical (unpaired) electrons. The molecule has 0 spiro atoms. The molecule has 1 unspecified atom stereocenters. The summed E-state index contributed by atoms with van der Waals surface area (Å²) < 4.78 is 32.4. The summed E-state index contributed by atoms with van der Waals surface area (Å²) >= 11 is 0. The van der Waals surface area contributed by atoms with E-state index >= 15 is 0 Å². The van der Waals surface area contributed by atoms with Gasteiger partial charge in [0.15, 0.2) is 28.6 Å². The van der Waals surface area contributed by atoms with E-state index in [2.05, 4.69) is 0 Å². The van der Waals surface area contributed by atoms with Gasteiger partial charge in [-0.25, -0.2) is 4.79 Å². The maximum atomic E-state index is 12.7. The second-order valence-electron chi connectivity index (χ2n) is 9.59. The van der Waals surface area contributed by atoms with Crippen LogP contribution >= 0.6 is 0 Å². The van der Waals surface area contributed by atoms with Crippen molar-refractivity contribution in [1.82, 2.24) is 0 Å². The molecule has 12 nitrogen and oxygen atoms in total. The van der Waals surface area contributed by atoms with Crippen LogP contribution in [0.2, 0.25) is 0 Å². The van der Waals surface area contributed by atoms with E-state index in [0.717, 1.165) is 5.56 Å². The topological polar surface area (TPSA) is 174 Å². The van der Waals surface area contributed by atoms with E-state index in [0.29, 0.717) is 23.5 Å². The van der Waals surface area contributed by atoms with E-state index in [4.69, 9.17) is 28.4 Å². The first kappa shape index (κ1) is 28.9. The number of ether oxygens (including phenoxy) is 6. The van der Waals surface area contributed by atoms with E-state index in [-0.39, 0.29) is 24.5 Å². The molecule has 2 aliphatic rings. The number of methoxy groups -OCH3 is 3. The summed E-state index contributed by atoms with van der Waals surface area (Å²) in [6, 6.07) is 10.1. The van der Waals surface area contributed by atoms with Gasteiger partial charge in [0.2, 0.25) is 6.29 Å². The molecule has 0 aromatic heterocycles. The Morgan fingerprint density at radius 1 is 0.872 bits per heavy atom. The van der Waals surface area contributed by atoms with E-state index in [1.165, 1.54) is 27.4 Å². The van der Waals surface area contributed by atoms with Gasteiger partial charge in [0, 0.05) is 12.3 Å². The van der Waals surface area contributed by atoms with Crippen LogP contribution in [0.1, 0.15) is 11.1 Å². The minimum absolute atomic E-state index is 0.0408. The average molecular weight is 551 g/mol. The SMILES string of the molecule is COc1ccc(CC2COC(=O)[C@]2(O)Cc2ccc(O[C@@H]3O[C@H](CO)[C@@H](O)[C@@H](O)[C@@H]3O)c(OC)c2)cc1OC. The highest BCUT2D eigenvalue weighted by molar-refractivity contribution is 5.82. The largest absolute Gasteiger partial charge is 0.493 e. The molecule has 39 heavy (non-hydrogen) atoms. The smallest absolute Gasteiger partial charge is 0.338 e. The highest BCUT2D eigenvalue weighted by atomic mass is 16.7. The summed E-state index contributed by atoms with van der Waals surface area (Å²) in [7, 11) is 4.45. The third-order valence-electron chi connectivity index (χ3n) is 7.17. The molecule has 0 aliphatic carbocycles. The van der Waals surface area contributed by atoms with Crippen LogP contribution in [-0.4, -0.2) is 102 Å². The molecule has 2 aliphatic heterocycles. The second-order valence-corrected chi connectivity index (χ2v) is 9.59. The molecule has 2 saturated heterocycles. The van der Waals surface area contributed by atoms with Crippen molar-refractivity contribution in [3.05, 3.63) is 47.5 Å². The molecule has 2 aromatic rings. The van der Waals surface area contributed by atoms with E-state index in [1.807, 2.05) is 6.07 Å². The van der Waals surface area contributed by atoms with Gasteiger partial charge in [-0.1, -0.05) is 12.1 Å². The molecule has 2 aromatic carbocycles. The Balaban J connectivity index is 1.52. The monoisotopic (exact) mass is 550 g/mol. The third kappa shape index (κ3) is 5.76. The first-order chi connectivity index (χ1) is 18.6. The van der Waals surface area contributed by atoms with Gasteiger partial charge in [-0.2, -0.15) is 0 Å². The van der Waals surface area contributed by atoms with Gasteiger partial charge in [-0.15, -0.1) is 0 Å². The lowest BCUT2D eigenvalue weighted by molar-refractivity contribution is -0.277. The van der Waals surface area contributed by atoms with Gasteiger partial charge in [0.1, 0.15) is 24.4 Å². The number of benzene rings is 2. The fourth-order valence-corrected chi connectivity index (χ4v) is 4.86. The van der Waals surface area contributed by atoms with Crippen LogP contribution in [0, 0.1) is 5.92 Å². The predicted molar refractivity (Wildman–Crippen MR) is 134 cm³/mol. The summed E-state index contributed by atoms with van der Waals surface area (Å²) in [6.07, 6.45) is -6.98. The fraction of sp³-hybridized carbons (Fsp3) is 0.519. The molecule has 214 valence electrons. The van der Waals surface area contributed by atoms with Crippen molar-refractivity contribution < 1.29 is 58.7 Å². The molecule has 2 fully saturated rings. The van der Waals surface area contributed by atoms with Crippen molar-refractivity contribution in [2.24, 2.45) is 5.92 Å². The molecular formula is C27H34O12. The summed E-state index contributed by atoms with van der Waals surface area (Å²) in [4.78, 5) is 12.7. The van der Waals surface area contributed by atoms with Crippen LogP contribution in [0.5, 0.6) is 23.0 Å². The number of carbonyl (C=O) groups is 1. The van der Waals surface area contributed by atoms with Crippen LogP contribution in [-0.2, 0) is 27.1 Å². The Bertz CT molecular complexity index is 1150. The Morgan fingerprint density at radius 3 is 2.15 bits per heavy atom. The van der Waals surface area contributed by atoms with Gasteiger partial charge in [-0.3, -0.25) is 0 Å². The van der Waals surface area contributed by atoms with Gasteiger partial charge < -0.3 is 54.0 Å². The van der Waals surface area contributed by atoms with Crippen LogP contribution in [0.4, 0.5) is 0 Å². The van der Waals surface area contributed by atoms with Gasteiger partial charge in [0.25, 0.3) is 0 Å². The van der Waals surface area contributed by atoms with Crippen molar-refractivity contribution >= 4 is 5.97 Å². The molecule has 4 rings (SSSR count). The summed E-state index contributed by atoms with van der Waals surface area (Å²) in [6.45, 7) is -0.556. The number of cyclic esters (lactones) is 1. The molecule has 0 saturated carbocycles. The number of hydrogen-bond acceptors (Lipinski definition) is 12. The van der Waals surface area contributed by atoms with Crippen LogP contribution in [0.25, 0.3) is 0 Å². The second kappa shape index (κ2) is 11.9. The van der Waals surface area contributed by atoms with E-state index < -0.39 is 54.8 Å². The van der Waals surface area contributed by atoms with Gasteiger partial charge in [-0.05, 0) is 41.8 Å². The highest BCUT2D eigenvalue weighted by Crippen LogP contribution is 2.38. The number of aliphatic hydroxyl groups is 5. The quantitative estimate of drug-likeness (QED) is 0.242. The summed E-state index contributed by atoms with van der Waals surface area (Å²) in [5, 5.41) is 51.2. The lowest BCUT2D eigenvalue weighted by Gasteiger charge is -2.39. The summed E-state index contributed by atoms with van der Waals surface area (Å²) in [5.41, 5.74) is -0.431. The molecule has 2 heterocycles. The minimum atomic E-state index is -1.81. The predicted octanol–water partition coefficient (Wildman–Crippen LogP) is -0.420. The molecule has 12 heteroatoms. The van der Waals surface area contributed by atoms with Gasteiger partial charge in [0.05, 0.1) is 34.5 Å². The lowest BCUT2D eigenvalue weighted by Crippen LogP contribution is -2.60. The van der Waals surface area contributed by atoms with Crippen molar-refractivity contribution in [3.63, 3.8) is 0 Å². The average Bonchev–Trinajstić information content (AvgIpc) is 3.21. The van der Waals surface area contributed by atoms with Crippen molar-refractivity contribution in [1.29, 1.82) is 0 Å². The third-order valence-corrected chi connectivity index (χ3v) is 7.17. The zero-order valence-electron chi connectivity index (χ0n) is 21.9. The van der Waals surface area contributed by atoms with Crippen LogP contribution < -0.4 is 18.9 Å². The zero-order valence-corrected chi connectivity index (χ0v) is 21.9. The zero-order chi connectivity index (χ0) is 28.3. The number of hydrogen-bond donors (Lipinski definition) is 5. The molecule has 0 amide bonds. The standard InChI is InChI=1S/C27H34O12/c1-34-17-6-4-14(9-19(17)35-2)8-16-13-37-26(32)27(16,33)11-15-5-7-18(20(10-15)36-3)38-25-24(31)23(30)22(29)21(12-28)39-25/h4-7,9-10,16,21-25,28-31,33H,8,11-13H2,1-3H3/t16?,21-,22-,23-,24+,25-,27+/m1/s1. The van der Waals surface area contributed by atoms with E-state index in [9.17, 15) is 30.3 Å². The first-order valence-corrected chi connectivity index (χ1v) is 12.4. The fourth-order valence-electron chi connectivity index (χ4n) is 4.86. The van der Waals surface area contributed by atoms with Crippen molar-refractivity contribution in [3.8, 4) is 23.0 Å². The minimum Gasteiger partial charge on any atom is -0.493 e. The Hall–Kier alpha value is -3.13. The summed E-state index contributed by atoms with van der Waals surface area (Å²) in [5.74, 6) is 0.161. The molecule has 0 bridgehead atoms. The molecular weight excluding hydrogens is 516 g/mol. The molecule has 5 N–H and O–H groups in total. The lowest BCUT2D eigenvalue weighted by atomic mass is 9.81. The van der Waals surface area contributed by atoms with Crippen molar-refractivity contribution in [2.75, 3.05) is 34.5 Å². The normalized spacial score (nSPS) is 30.5. The Morgan fingerprint density at radius 2 is 1.49 bits per heavy atom. The Kier molecular flexibility index (Phi) is 8.84. The number of aliphatic hydroxyl groups excluding tert-OH is 4. The highest BCUT2D eigenvalue weighted by Gasteiger charge is 2.51.